The second kappa shape index (κ2) is 9.52. The van der Waals surface area contributed by atoms with Crippen LogP contribution in [0.25, 0.3) is 0 Å². The second-order valence-corrected chi connectivity index (χ2v) is 6.97. The SMILES string of the molecule is CSc1nc(N)nc(N(c2cccc(C(F)(F)F)c2)[C@@H](CCC(=O)O)C(N)=O)c1C#N. The molecule has 164 valence electrons. The molecule has 0 aliphatic heterocycles. The molecule has 9 nitrogen and oxygen atoms in total. The van der Waals surface area contributed by atoms with Crippen LogP contribution in [0.15, 0.2) is 29.3 Å². The number of carbonyl (C=O) groups is 2. The zero-order valence-electron chi connectivity index (χ0n) is 16.1. The molecular formula is C18H17F3N6O3S. The first-order valence-corrected chi connectivity index (χ1v) is 9.81. The van der Waals surface area contributed by atoms with Gasteiger partial charge in [0.25, 0.3) is 0 Å². The van der Waals surface area contributed by atoms with Crippen molar-refractivity contribution in [3.63, 3.8) is 0 Å². The van der Waals surface area contributed by atoms with Crippen molar-refractivity contribution in [3.8, 4) is 6.07 Å². The Balaban J connectivity index is 2.82. The molecule has 2 aromatic rings. The predicted octanol–water partition coefficient (Wildman–Crippen LogP) is 2.53. The molecule has 0 fully saturated rings. The molecule has 1 atom stereocenters. The van der Waals surface area contributed by atoms with Gasteiger partial charge in [-0.05, 0) is 30.9 Å². The number of carbonyl (C=O) groups excluding carboxylic acids is 1. The fourth-order valence-electron chi connectivity index (χ4n) is 2.81. The highest BCUT2D eigenvalue weighted by Crippen LogP contribution is 2.37. The molecule has 1 aromatic heterocycles. The van der Waals surface area contributed by atoms with Gasteiger partial charge in [-0.1, -0.05) is 6.07 Å². The number of nitrogen functional groups attached to an aromatic ring is 1. The maximum Gasteiger partial charge on any atom is 0.416 e. The third-order valence-corrected chi connectivity index (χ3v) is 4.81. The molecule has 0 saturated carbocycles. The van der Waals surface area contributed by atoms with Crippen LogP contribution in [-0.2, 0) is 15.8 Å². The first-order chi connectivity index (χ1) is 14.5. The topological polar surface area (TPSA) is 159 Å². The number of rotatable bonds is 8. The number of carboxylic acid groups (broad SMARTS) is 1. The zero-order valence-corrected chi connectivity index (χ0v) is 16.9. The van der Waals surface area contributed by atoms with E-state index in [0.29, 0.717) is 0 Å². The highest BCUT2D eigenvalue weighted by molar-refractivity contribution is 7.98. The molecule has 0 spiro atoms. The fraction of sp³-hybridized carbons (Fsp3) is 0.278. The number of nitrogens with zero attached hydrogens (tertiary/aromatic N) is 4. The van der Waals surface area contributed by atoms with Gasteiger partial charge >= 0.3 is 12.1 Å². The Labute approximate surface area is 178 Å². The number of amides is 1. The lowest BCUT2D eigenvalue weighted by Crippen LogP contribution is -2.43. The van der Waals surface area contributed by atoms with Gasteiger partial charge in [0.2, 0.25) is 11.9 Å². The fourth-order valence-corrected chi connectivity index (χ4v) is 3.33. The van der Waals surface area contributed by atoms with Gasteiger partial charge in [0.05, 0.1) is 5.56 Å². The molecule has 0 aliphatic rings. The summed E-state index contributed by atoms with van der Waals surface area (Å²) >= 11 is 1.04. The smallest absolute Gasteiger partial charge is 0.416 e. The van der Waals surface area contributed by atoms with Crippen molar-refractivity contribution in [1.82, 2.24) is 9.97 Å². The maximum atomic E-state index is 13.3. The lowest BCUT2D eigenvalue weighted by atomic mass is 10.1. The summed E-state index contributed by atoms with van der Waals surface area (Å²) in [6.45, 7) is 0. The Morgan fingerprint density at radius 1 is 1.35 bits per heavy atom. The number of hydrogen-bond donors (Lipinski definition) is 3. The number of anilines is 3. The van der Waals surface area contributed by atoms with E-state index < -0.39 is 36.1 Å². The van der Waals surface area contributed by atoms with E-state index in [-0.39, 0.29) is 34.5 Å². The van der Waals surface area contributed by atoms with Crippen LogP contribution in [0.4, 0.5) is 30.6 Å². The zero-order chi connectivity index (χ0) is 23.3. The summed E-state index contributed by atoms with van der Waals surface area (Å²) < 4.78 is 39.9. The summed E-state index contributed by atoms with van der Waals surface area (Å²) in [6, 6.07) is 4.36. The number of aromatic nitrogens is 2. The van der Waals surface area contributed by atoms with E-state index >= 15 is 0 Å². The molecule has 0 saturated heterocycles. The molecule has 0 aliphatic carbocycles. The maximum absolute atomic E-state index is 13.3. The van der Waals surface area contributed by atoms with Crippen LogP contribution < -0.4 is 16.4 Å². The number of alkyl halides is 3. The number of halogens is 3. The van der Waals surface area contributed by atoms with E-state index in [1.807, 2.05) is 6.07 Å². The van der Waals surface area contributed by atoms with Gasteiger partial charge < -0.3 is 21.5 Å². The highest BCUT2D eigenvalue weighted by atomic mass is 32.2. The first kappa shape index (κ1) is 23.7. The number of thioether (sulfide) groups is 1. The van der Waals surface area contributed by atoms with Crippen LogP contribution in [-0.4, -0.2) is 39.2 Å². The Morgan fingerprint density at radius 2 is 2.03 bits per heavy atom. The lowest BCUT2D eigenvalue weighted by Gasteiger charge is -2.32. The van der Waals surface area contributed by atoms with E-state index in [1.165, 1.54) is 6.07 Å². The van der Waals surface area contributed by atoms with Gasteiger partial charge in [0, 0.05) is 12.1 Å². The van der Waals surface area contributed by atoms with Crippen LogP contribution >= 0.6 is 11.8 Å². The van der Waals surface area contributed by atoms with Gasteiger partial charge in [0.15, 0.2) is 5.82 Å². The van der Waals surface area contributed by atoms with Gasteiger partial charge in [-0.25, -0.2) is 4.98 Å². The average molecular weight is 454 g/mol. The van der Waals surface area contributed by atoms with E-state index in [0.717, 1.165) is 34.9 Å². The summed E-state index contributed by atoms with van der Waals surface area (Å²) in [5, 5.41) is 18.8. The number of nitrogens with two attached hydrogens (primary N) is 2. The molecule has 0 bridgehead atoms. The molecule has 1 heterocycles. The van der Waals surface area contributed by atoms with E-state index in [2.05, 4.69) is 9.97 Å². The molecule has 0 radical (unpaired) electrons. The predicted molar refractivity (Wildman–Crippen MR) is 106 cm³/mol. The van der Waals surface area contributed by atoms with Crippen LogP contribution in [0, 0.1) is 11.3 Å². The van der Waals surface area contributed by atoms with Crippen molar-refractivity contribution in [2.75, 3.05) is 16.9 Å². The molecular weight excluding hydrogens is 437 g/mol. The monoisotopic (exact) mass is 454 g/mol. The number of primary amides is 1. The van der Waals surface area contributed by atoms with Gasteiger partial charge in [-0.3, -0.25) is 9.59 Å². The third-order valence-electron chi connectivity index (χ3n) is 4.13. The van der Waals surface area contributed by atoms with Crippen molar-refractivity contribution in [3.05, 3.63) is 35.4 Å². The number of nitriles is 1. The largest absolute Gasteiger partial charge is 0.481 e. The molecule has 2 rings (SSSR count). The second-order valence-electron chi connectivity index (χ2n) is 6.17. The summed E-state index contributed by atoms with van der Waals surface area (Å²) in [5.41, 5.74) is 9.82. The third kappa shape index (κ3) is 5.54. The van der Waals surface area contributed by atoms with E-state index in [4.69, 9.17) is 16.6 Å². The van der Waals surface area contributed by atoms with Crippen LogP contribution in [0.3, 0.4) is 0 Å². The normalized spacial score (nSPS) is 12.1. The van der Waals surface area contributed by atoms with Gasteiger partial charge in [-0.2, -0.15) is 23.4 Å². The molecule has 5 N–H and O–H groups in total. The summed E-state index contributed by atoms with van der Waals surface area (Å²) in [7, 11) is 0. The van der Waals surface area contributed by atoms with Crippen molar-refractivity contribution < 1.29 is 27.9 Å². The van der Waals surface area contributed by atoms with Crippen molar-refractivity contribution in [2.45, 2.75) is 30.1 Å². The Hall–Kier alpha value is -3.53. The number of hydrogen-bond acceptors (Lipinski definition) is 8. The Kier molecular flexibility index (Phi) is 7.29. The molecule has 0 unspecified atom stereocenters. The Bertz CT molecular complexity index is 1040. The van der Waals surface area contributed by atoms with Gasteiger partial charge in [-0.15, -0.1) is 11.8 Å². The van der Waals surface area contributed by atoms with E-state index in [1.54, 1.807) is 6.26 Å². The minimum Gasteiger partial charge on any atom is -0.481 e. The first-order valence-electron chi connectivity index (χ1n) is 8.58. The molecule has 31 heavy (non-hydrogen) atoms. The standard InChI is InChI=1S/C18H17F3N6O3S/c1-31-16-11(8-22)15(25-17(24)26-16)27(12(14(23)30)5-6-13(28)29)10-4-2-3-9(7-10)18(19,20)21/h2-4,7,12H,5-6H2,1H3,(H2,23,30)(H,28,29)(H2,24,25,26)/t12-/m0/s1. The highest BCUT2D eigenvalue weighted by Gasteiger charge is 2.34. The van der Waals surface area contributed by atoms with Crippen LogP contribution in [0.2, 0.25) is 0 Å². The molecule has 1 aromatic carbocycles. The summed E-state index contributed by atoms with van der Waals surface area (Å²) in [5.74, 6) is -2.82. The minimum absolute atomic E-state index is 0.128. The quantitative estimate of drug-likeness (QED) is 0.402. The summed E-state index contributed by atoms with van der Waals surface area (Å²) in [4.78, 5) is 32.2. The van der Waals surface area contributed by atoms with E-state index in [9.17, 15) is 28.0 Å². The Morgan fingerprint density at radius 3 is 2.55 bits per heavy atom. The molecule has 13 heteroatoms. The van der Waals surface area contributed by atoms with Crippen molar-refractivity contribution >= 4 is 41.1 Å². The minimum atomic E-state index is -4.70. The number of aliphatic carboxylic acids is 1. The van der Waals surface area contributed by atoms with Gasteiger partial charge in [0.1, 0.15) is 22.7 Å². The summed E-state index contributed by atoms with van der Waals surface area (Å²) in [6.07, 6.45) is -3.97. The number of benzene rings is 1. The van der Waals surface area contributed by atoms with Crippen molar-refractivity contribution in [2.24, 2.45) is 5.73 Å². The average Bonchev–Trinajstić information content (AvgIpc) is 2.69. The number of carboxylic acids is 1. The van der Waals surface area contributed by atoms with Crippen LogP contribution in [0.5, 0.6) is 0 Å². The molecule has 1 amide bonds. The lowest BCUT2D eigenvalue weighted by molar-refractivity contribution is -0.138. The van der Waals surface area contributed by atoms with Crippen LogP contribution in [0.1, 0.15) is 24.0 Å². The van der Waals surface area contributed by atoms with Crippen molar-refractivity contribution in [1.29, 1.82) is 5.26 Å².